The maximum Gasteiger partial charge on any atom is 0.203 e. The maximum atomic E-state index is 10.1. The van der Waals surface area contributed by atoms with Gasteiger partial charge in [-0.3, -0.25) is 0 Å². The van der Waals surface area contributed by atoms with Gasteiger partial charge in [0.2, 0.25) is 5.75 Å². The molecule has 17 heavy (non-hydrogen) atoms. The van der Waals surface area contributed by atoms with Crippen molar-refractivity contribution >= 4 is 11.6 Å². The Labute approximate surface area is 99.0 Å². The van der Waals surface area contributed by atoms with E-state index in [0.29, 0.717) is 37.7 Å². The molecular formula is C10H16N4O3. The highest BCUT2D eigenvalue weighted by Crippen LogP contribution is 2.27. The number of hydrogen-bond donors (Lipinski definition) is 3. The largest absolute Gasteiger partial charge is 0.490 e. The highest BCUT2D eigenvalue weighted by molar-refractivity contribution is 5.61. The SMILES string of the molecule is COc1c(N)ncnc1NCC1(O)CCOC1. The van der Waals surface area contributed by atoms with Gasteiger partial charge in [-0.1, -0.05) is 0 Å². The lowest BCUT2D eigenvalue weighted by atomic mass is 10.0. The van der Waals surface area contributed by atoms with Gasteiger partial charge in [0.25, 0.3) is 0 Å². The van der Waals surface area contributed by atoms with Crippen LogP contribution in [0.2, 0.25) is 0 Å². The molecule has 2 rings (SSSR count). The highest BCUT2D eigenvalue weighted by atomic mass is 16.5. The number of aliphatic hydroxyl groups is 1. The second-order valence-corrected chi connectivity index (χ2v) is 4.02. The summed E-state index contributed by atoms with van der Waals surface area (Å²) in [5.41, 5.74) is 4.79. The van der Waals surface area contributed by atoms with Crippen LogP contribution in [0.4, 0.5) is 11.6 Å². The summed E-state index contributed by atoms with van der Waals surface area (Å²) >= 11 is 0. The van der Waals surface area contributed by atoms with Crippen LogP contribution in [0.3, 0.4) is 0 Å². The number of ether oxygens (including phenoxy) is 2. The van der Waals surface area contributed by atoms with E-state index >= 15 is 0 Å². The third-order valence-corrected chi connectivity index (χ3v) is 2.70. The van der Waals surface area contributed by atoms with Crippen molar-refractivity contribution < 1.29 is 14.6 Å². The Morgan fingerprint density at radius 3 is 3.12 bits per heavy atom. The van der Waals surface area contributed by atoms with Crippen LogP contribution < -0.4 is 15.8 Å². The lowest BCUT2D eigenvalue weighted by molar-refractivity contribution is 0.0381. The van der Waals surface area contributed by atoms with Crippen LogP contribution in [0.15, 0.2) is 6.33 Å². The molecule has 1 atom stereocenters. The molecule has 0 aliphatic carbocycles. The van der Waals surface area contributed by atoms with E-state index in [0.717, 1.165) is 0 Å². The van der Waals surface area contributed by atoms with Crippen molar-refractivity contribution in [2.75, 3.05) is 37.9 Å². The van der Waals surface area contributed by atoms with E-state index in [4.69, 9.17) is 15.2 Å². The van der Waals surface area contributed by atoms with Gasteiger partial charge in [-0.05, 0) is 0 Å². The van der Waals surface area contributed by atoms with Crippen LogP contribution in [0.1, 0.15) is 6.42 Å². The van der Waals surface area contributed by atoms with Crippen molar-refractivity contribution in [3.8, 4) is 5.75 Å². The molecule has 0 aromatic carbocycles. The molecule has 1 unspecified atom stereocenters. The van der Waals surface area contributed by atoms with E-state index in [9.17, 15) is 5.11 Å². The average molecular weight is 240 g/mol. The number of aromatic nitrogens is 2. The Bertz CT molecular complexity index is 393. The topological polar surface area (TPSA) is 103 Å². The summed E-state index contributed by atoms with van der Waals surface area (Å²) in [5, 5.41) is 13.1. The number of hydrogen-bond acceptors (Lipinski definition) is 7. The van der Waals surface area contributed by atoms with Gasteiger partial charge < -0.3 is 25.6 Å². The summed E-state index contributed by atoms with van der Waals surface area (Å²) in [7, 11) is 1.49. The molecule has 1 aliphatic heterocycles. The Kier molecular flexibility index (Phi) is 3.30. The molecule has 7 nitrogen and oxygen atoms in total. The van der Waals surface area contributed by atoms with Crippen molar-refractivity contribution in [1.82, 2.24) is 9.97 Å². The second kappa shape index (κ2) is 4.72. The summed E-state index contributed by atoms with van der Waals surface area (Å²) in [6, 6.07) is 0. The second-order valence-electron chi connectivity index (χ2n) is 4.02. The van der Waals surface area contributed by atoms with Gasteiger partial charge in [0.1, 0.15) is 11.9 Å². The van der Waals surface area contributed by atoms with E-state index in [2.05, 4.69) is 15.3 Å². The molecule has 4 N–H and O–H groups in total. The van der Waals surface area contributed by atoms with Crippen LogP contribution in [0.5, 0.6) is 5.75 Å². The summed E-state index contributed by atoms with van der Waals surface area (Å²) in [5.74, 6) is 1.12. The van der Waals surface area contributed by atoms with Gasteiger partial charge in [-0.15, -0.1) is 0 Å². The highest BCUT2D eigenvalue weighted by Gasteiger charge is 2.32. The molecule has 0 saturated carbocycles. The zero-order valence-electron chi connectivity index (χ0n) is 9.64. The Morgan fingerprint density at radius 2 is 2.47 bits per heavy atom. The number of nitrogen functional groups attached to an aromatic ring is 1. The predicted molar refractivity (Wildman–Crippen MR) is 61.9 cm³/mol. The third kappa shape index (κ3) is 2.56. The number of nitrogens with one attached hydrogen (secondary N) is 1. The zero-order valence-corrected chi connectivity index (χ0v) is 9.64. The van der Waals surface area contributed by atoms with Gasteiger partial charge in [-0.25, -0.2) is 9.97 Å². The smallest absolute Gasteiger partial charge is 0.203 e. The van der Waals surface area contributed by atoms with Crippen molar-refractivity contribution in [3.05, 3.63) is 6.33 Å². The van der Waals surface area contributed by atoms with Crippen LogP contribution in [0.25, 0.3) is 0 Å². The van der Waals surface area contributed by atoms with Crippen LogP contribution in [-0.4, -0.2) is 47.5 Å². The van der Waals surface area contributed by atoms with E-state index in [1.165, 1.54) is 13.4 Å². The molecule has 0 amide bonds. The van der Waals surface area contributed by atoms with Crippen molar-refractivity contribution in [3.63, 3.8) is 0 Å². The number of nitrogens with two attached hydrogens (primary N) is 1. The lowest BCUT2D eigenvalue weighted by Crippen LogP contribution is -2.37. The lowest BCUT2D eigenvalue weighted by Gasteiger charge is -2.21. The number of nitrogens with zero attached hydrogens (tertiary/aromatic N) is 2. The molecule has 1 saturated heterocycles. The van der Waals surface area contributed by atoms with Gasteiger partial charge in [0.15, 0.2) is 11.6 Å². The minimum Gasteiger partial charge on any atom is -0.490 e. The Morgan fingerprint density at radius 1 is 1.65 bits per heavy atom. The van der Waals surface area contributed by atoms with Gasteiger partial charge in [0.05, 0.1) is 13.7 Å². The van der Waals surface area contributed by atoms with E-state index in [1.807, 2.05) is 0 Å². The molecule has 1 aliphatic rings. The fourth-order valence-corrected chi connectivity index (χ4v) is 1.70. The first-order valence-corrected chi connectivity index (χ1v) is 5.33. The quantitative estimate of drug-likeness (QED) is 0.659. The molecule has 0 spiro atoms. The molecule has 0 bridgehead atoms. The minimum absolute atomic E-state index is 0.264. The first-order valence-electron chi connectivity index (χ1n) is 5.33. The molecule has 1 aromatic heterocycles. The number of rotatable bonds is 4. The van der Waals surface area contributed by atoms with Crippen LogP contribution in [-0.2, 0) is 4.74 Å². The molecular weight excluding hydrogens is 224 g/mol. The molecule has 94 valence electrons. The third-order valence-electron chi connectivity index (χ3n) is 2.70. The monoisotopic (exact) mass is 240 g/mol. The van der Waals surface area contributed by atoms with Crippen molar-refractivity contribution in [2.24, 2.45) is 0 Å². The summed E-state index contributed by atoms with van der Waals surface area (Å²) in [4.78, 5) is 7.85. The first-order chi connectivity index (χ1) is 8.14. The Balaban J connectivity index is 2.06. The molecule has 7 heteroatoms. The van der Waals surface area contributed by atoms with Gasteiger partial charge in [0, 0.05) is 19.6 Å². The van der Waals surface area contributed by atoms with Crippen LogP contribution >= 0.6 is 0 Å². The fourth-order valence-electron chi connectivity index (χ4n) is 1.70. The molecule has 1 aromatic rings. The van der Waals surface area contributed by atoms with E-state index in [-0.39, 0.29) is 5.82 Å². The predicted octanol–water partition coefficient (Wildman–Crippen LogP) is -0.369. The number of anilines is 2. The summed E-state index contributed by atoms with van der Waals surface area (Å²) in [6.45, 7) is 1.23. The van der Waals surface area contributed by atoms with Gasteiger partial charge in [-0.2, -0.15) is 0 Å². The Hall–Kier alpha value is -1.60. The molecule has 1 fully saturated rings. The van der Waals surface area contributed by atoms with Crippen molar-refractivity contribution in [2.45, 2.75) is 12.0 Å². The van der Waals surface area contributed by atoms with Crippen molar-refractivity contribution in [1.29, 1.82) is 0 Å². The maximum absolute atomic E-state index is 10.1. The summed E-state index contributed by atoms with van der Waals surface area (Å²) in [6.07, 6.45) is 1.94. The normalized spacial score (nSPS) is 23.6. The molecule has 2 heterocycles. The molecule has 0 radical (unpaired) electrons. The van der Waals surface area contributed by atoms with Crippen LogP contribution in [0, 0.1) is 0 Å². The van der Waals surface area contributed by atoms with E-state index in [1.54, 1.807) is 0 Å². The standard InChI is InChI=1S/C10H16N4O3/c1-16-7-8(11)13-6-14-9(7)12-4-10(15)2-3-17-5-10/h6,15H,2-5H2,1H3,(H3,11,12,13,14). The average Bonchev–Trinajstić information content (AvgIpc) is 2.74. The summed E-state index contributed by atoms with van der Waals surface area (Å²) < 4.78 is 10.2. The fraction of sp³-hybridized carbons (Fsp3) is 0.600. The van der Waals surface area contributed by atoms with Gasteiger partial charge >= 0.3 is 0 Å². The number of methoxy groups -OCH3 is 1. The first kappa shape index (κ1) is 11.9. The van der Waals surface area contributed by atoms with E-state index < -0.39 is 5.60 Å². The zero-order chi connectivity index (χ0) is 12.3. The minimum atomic E-state index is -0.856.